The molecule has 8 nitrogen and oxygen atoms in total. The van der Waals surface area contributed by atoms with Crippen molar-refractivity contribution in [3.8, 4) is 0 Å². The van der Waals surface area contributed by atoms with Crippen molar-refractivity contribution in [3.63, 3.8) is 0 Å². The number of aliphatic carboxylic acids is 1. The zero-order valence-electron chi connectivity index (χ0n) is 9.69. The van der Waals surface area contributed by atoms with Gasteiger partial charge in [-0.05, 0) is 13.3 Å². The number of carbonyl (C=O) groups excluding carboxylic acids is 1. The molecule has 0 aliphatic carbocycles. The van der Waals surface area contributed by atoms with Gasteiger partial charge in [0.25, 0.3) is 0 Å². The van der Waals surface area contributed by atoms with Gasteiger partial charge in [-0.2, -0.15) is 0 Å². The van der Waals surface area contributed by atoms with Gasteiger partial charge in [-0.25, -0.2) is 23.1 Å². The molecule has 0 saturated heterocycles. The van der Waals surface area contributed by atoms with Gasteiger partial charge in [0.15, 0.2) is 0 Å². The summed E-state index contributed by atoms with van der Waals surface area (Å²) in [4.78, 5) is 22.1. The molecule has 0 aromatic carbocycles. The summed E-state index contributed by atoms with van der Waals surface area (Å²) in [6.45, 7) is 2.79. The monoisotopic (exact) mass is 267 g/mol. The fourth-order valence-electron chi connectivity index (χ4n) is 0.895. The Bertz CT molecular complexity index is 394. The average Bonchev–Trinajstić information content (AvgIpc) is 2.15. The van der Waals surface area contributed by atoms with E-state index in [9.17, 15) is 18.0 Å². The van der Waals surface area contributed by atoms with Crippen molar-refractivity contribution in [2.75, 3.05) is 12.3 Å². The van der Waals surface area contributed by atoms with Crippen molar-refractivity contribution in [1.82, 2.24) is 10.6 Å². The number of nitrogens with one attached hydrogen (secondary N) is 2. The van der Waals surface area contributed by atoms with Crippen LogP contribution in [0.3, 0.4) is 0 Å². The SMILES string of the molecule is CCC(C)(NC(=O)NCCS(N)(=O)=O)C(=O)O. The number of carboxylic acids is 1. The summed E-state index contributed by atoms with van der Waals surface area (Å²) in [5.74, 6) is -1.57. The third-order valence-corrected chi connectivity index (χ3v) is 3.01. The highest BCUT2D eigenvalue weighted by Crippen LogP contribution is 2.08. The van der Waals surface area contributed by atoms with Crippen LogP contribution in [-0.4, -0.2) is 43.4 Å². The van der Waals surface area contributed by atoms with Crippen molar-refractivity contribution < 1.29 is 23.1 Å². The summed E-state index contributed by atoms with van der Waals surface area (Å²) < 4.78 is 21.1. The van der Waals surface area contributed by atoms with Gasteiger partial charge in [-0.15, -0.1) is 0 Å². The van der Waals surface area contributed by atoms with Crippen LogP contribution in [0.1, 0.15) is 20.3 Å². The Morgan fingerprint density at radius 2 is 1.94 bits per heavy atom. The Balaban J connectivity index is 4.23. The van der Waals surface area contributed by atoms with Crippen molar-refractivity contribution in [1.29, 1.82) is 0 Å². The maximum absolute atomic E-state index is 11.3. The fourth-order valence-corrected chi connectivity index (χ4v) is 1.28. The molecule has 0 heterocycles. The normalized spacial score (nSPS) is 14.8. The van der Waals surface area contributed by atoms with Crippen LogP contribution in [-0.2, 0) is 14.8 Å². The van der Waals surface area contributed by atoms with E-state index in [0.717, 1.165) is 0 Å². The number of sulfonamides is 1. The van der Waals surface area contributed by atoms with Crippen LogP contribution >= 0.6 is 0 Å². The summed E-state index contributed by atoms with van der Waals surface area (Å²) in [5, 5.41) is 18.1. The Kier molecular flexibility index (Phi) is 5.36. The van der Waals surface area contributed by atoms with Crippen molar-refractivity contribution >= 4 is 22.0 Å². The molecule has 0 fully saturated rings. The highest BCUT2D eigenvalue weighted by Gasteiger charge is 2.32. The van der Waals surface area contributed by atoms with E-state index in [4.69, 9.17) is 10.2 Å². The van der Waals surface area contributed by atoms with Gasteiger partial charge in [-0.1, -0.05) is 6.92 Å². The standard InChI is InChI=1S/C8H17N3O5S/c1-3-8(2,6(12)13)11-7(14)10-4-5-17(9,15)16/h3-5H2,1-2H3,(H,12,13)(H2,9,15,16)(H2,10,11,14). The molecule has 0 saturated carbocycles. The number of primary sulfonamides is 1. The second-order valence-corrected chi connectivity index (χ2v) is 5.47. The minimum absolute atomic E-state index is 0.177. The van der Waals surface area contributed by atoms with E-state index in [-0.39, 0.29) is 13.0 Å². The van der Waals surface area contributed by atoms with Gasteiger partial charge in [0.1, 0.15) is 5.54 Å². The molecule has 0 rings (SSSR count). The van der Waals surface area contributed by atoms with Gasteiger partial charge in [0.2, 0.25) is 10.0 Å². The first-order valence-electron chi connectivity index (χ1n) is 4.90. The molecule has 100 valence electrons. The topological polar surface area (TPSA) is 139 Å². The van der Waals surface area contributed by atoms with Crippen LogP contribution in [0.25, 0.3) is 0 Å². The first kappa shape index (κ1) is 15.7. The first-order valence-corrected chi connectivity index (χ1v) is 6.62. The van der Waals surface area contributed by atoms with Crippen molar-refractivity contribution in [2.45, 2.75) is 25.8 Å². The Labute approximate surface area is 99.6 Å². The molecule has 0 radical (unpaired) electrons. The van der Waals surface area contributed by atoms with Crippen LogP contribution in [0, 0.1) is 0 Å². The number of hydrogen-bond donors (Lipinski definition) is 4. The lowest BCUT2D eigenvalue weighted by atomic mass is 10.00. The number of urea groups is 1. The Morgan fingerprint density at radius 3 is 2.29 bits per heavy atom. The summed E-state index contributed by atoms with van der Waals surface area (Å²) in [6, 6.07) is -0.750. The van der Waals surface area contributed by atoms with Gasteiger partial charge in [-0.3, -0.25) is 0 Å². The highest BCUT2D eigenvalue weighted by atomic mass is 32.2. The Morgan fingerprint density at radius 1 is 1.41 bits per heavy atom. The van der Waals surface area contributed by atoms with E-state index in [1.165, 1.54) is 6.92 Å². The average molecular weight is 267 g/mol. The number of rotatable bonds is 6. The van der Waals surface area contributed by atoms with E-state index >= 15 is 0 Å². The fraction of sp³-hybridized carbons (Fsp3) is 0.750. The second-order valence-electron chi connectivity index (χ2n) is 3.74. The highest BCUT2D eigenvalue weighted by molar-refractivity contribution is 7.89. The van der Waals surface area contributed by atoms with E-state index in [1.54, 1.807) is 6.92 Å². The molecular formula is C8H17N3O5S. The van der Waals surface area contributed by atoms with E-state index < -0.39 is 33.3 Å². The molecule has 0 aromatic rings. The van der Waals surface area contributed by atoms with Crippen LogP contribution in [0.4, 0.5) is 4.79 Å². The van der Waals surface area contributed by atoms with E-state index in [2.05, 4.69) is 10.6 Å². The predicted octanol–water partition coefficient (Wildman–Crippen LogP) is -1.17. The lowest BCUT2D eigenvalue weighted by Crippen LogP contribution is -2.55. The third kappa shape index (κ3) is 6.07. The molecule has 17 heavy (non-hydrogen) atoms. The molecule has 0 aliphatic rings. The lowest BCUT2D eigenvalue weighted by Gasteiger charge is -2.24. The van der Waals surface area contributed by atoms with Gasteiger partial charge < -0.3 is 15.7 Å². The molecule has 9 heteroatoms. The second kappa shape index (κ2) is 5.82. The molecule has 0 bridgehead atoms. The largest absolute Gasteiger partial charge is 0.480 e. The summed E-state index contributed by atoms with van der Waals surface area (Å²) in [5.41, 5.74) is -1.38. The molecule has 2 amide bonds. The Hall–Kier alpha value is -1.35. The zero-order valence-corrected chi connectivity index (χ0v) is 10.5. The smallest absolute Gasteiger partial charge is 0.329 e. The summed E-state index contributed by atoms with van der Waals surface area (Å²) in [6.07, 6.45) is 0.199. The van der Waals surface area contributed by atoms with Crippen LogP contribution in [0.2, 0.25) is 0 Å². The number of amides is 2. The maximum Gasteiger partial charge on any atom is 0.329 e. The molecular weight excluding hydrogens is 250 g/mol. The predicted molar refractivity (Wildman–Crippen MR) is 60.8 cm³/mol. The molecule has 0 aromatic heterocycles. The first-order chi connectivity index (χ1) is 7.60. The molecule has 0 spiro atoms. The van der Waals surface area contributed by atoms with Gasteiger partial charge in [0, 0.05) is 6.54 Å². The number of carboxylic acid groups (broad SMARTS) is 1. The molecule has 5 N–H and O–H groups in total. The maximum atomic E-state index is 11.3. The van der Waals surface area contributed by atoms with Crippen LogP contribution in [0.5, 0.6) is 0 Å². The lowest BCUT2D eigenvalue weighted by molar-refractivity contribution is -0.143. The number of hydrogen-bond acceptors (Lipinski definition) is 4. The molecule has 1 atom stereocenters. The quantitative estimate of drug-likeness (QED) is 0.480. The minimum atomic E-state index is -3.64. The van der Waals surface area contributed by atoms with Crippen LogP contribution < -0.4 is 15.8 Å². The van der Waals surface area contributed by atoms with Gasteiger partial charge >= 0.3 is 12.0 Å². The van der Waals surface area contributed by atoms with Crippen molar-refractivity contribution in [2.24, 2.45) is 5.14 Å². The zero-order chi connectivity index (χ0) is 13.7. The van der Waals surface area contributed by atoms with Crippen LogP contribution in [0.15, 0.2) is 0 Å². The number of nitrogens with two attached hydrogens (primary N) is 1. The summed E-state index contributed by atoms with van der Waals surface area (Å²) >= 11 is 0. The van der Waals surface area contributed by atoms with E-state index in [0.29, 0.717) is 0 Å². The third-order valence-electron chi connectivity index (χ3n) is 2.24. The van der Waals surface area contributed by atoms with E-state index in [1.807, 2.05) is 0 Å². The summed E-state index contributed by atoms with van der Waals surface area (Å²) in [7, 11) is -3.64. The van der Waals surface area contributed by atoms with Gasteiger partial charge in [0.05, 0.1) is 5.75 Å². The molecule has 0 aliphatic heterocycles. The number of carbonyl (C=O) groups is 2. The molecule has 1 unspecified atom stereocenters. The van der Waals surface area contributed by atoms with Crippen molar-refractivity contribution in [3.05, 3.63) is 0 Å². The minimum Gasteiger partial charge on any atom is -0.480 e.